The Hall–Kier alpha value is -3.49. The Bertz CT molecular complexity index is 1220. The van der Waals surface area contributed by atoms with E-state index in [-0.39, 0.29) is 5.92 Å². The highest BCUT2D eigenvalue weighted by Gasteiger charge is 2.32. The van der Waals surface area contributed by atoms with Crippen LogP contribution in [-0.2, 0) is 4.79 Å². The predicted octanol–water partition coefficient (Wildman–Crippen LogP) is 2.62. The number of benzene rings is 1. The third kappa shape index (κ3) is 3.47. The van der Waals surface area contributed by atoms with E-state index < -0.39 is 0 Å². The molecule has 1 aromatic carbocycles. The average Bonchev–Trinajstić information content (AvgIpc) is 3.50. The van der Waals surface area contributed by atoms with Crippen molar-refractivity contribution in [3.8, 4) is 0 Å². The lowest BCUT2D eigenvalue weighted by molar-refractivity contribution is -0.137. The van der Waals surface area contributed by atoms with Gasteiger partial charge in [-0.25, -0.2) is 0 Å². The first-order valence-corrected chi connectivity index (χ1v) is 11.4. The van der Waals surface area contributed by atoms with Crippen molar-refractivity contribution < 1.29 is 4.79 Å². The van der Waals surface area contributed by atoms with Gasteiger partial charge in [0.25, 0.3) is 0 Å². The van der Waals surface area contributed by atoms with Crippen LogP contribution in [0.25, 0.3) is 16.6 Å². The molecule has 0 bridgehead atoms. The topological polar surface area (TPSA) is 95.3 Å². The summed E-state index contributed by atoms with van der Waals surface area (Å²) in [4.78, 5) is 21.2. The van der Waals surface area contributed by atoms with E-state index in [0.717, 1.165) is 57.7 Å². The predicted molar refractivity (Wildman–Crippen MR) is 120 cm³/mol. The zero-order valence-corrected chi connectivity index (χ0v) is 17.9. The maximum atomic E-state index is 13.3. The summed E-state index contributed by atoms with van der Waals surface area (Å²) in [5.41, 5.74) is 3.06. The van der Waals surface area contributed by atoms with E-state index in [0.29, 0.717) is 17.5 Å². The molecular weight excluding hydrogens is 404 g/mol. The molecule has 1 amide bonds. The molecule has 3 aromatic heterocycles. The van der Waals surface area contributed by atoms with Crippen LogP contribution in [0.5, 0.6) is 0 Å². The van der Waals surface area contributed by atoms with Crippen molar-refractivity contribution in [3.05, 3.63) is 48.2 Å². The van der Waals surface area contributed by atoms with Crippen molar-refractivity contribution in [3.63, 3.8) is 0 Å². The highest BCUT2D eigenvalue weighted by Crippen LogP contribution is 2.31. The van der Waals surface area contributed by atoms with Gasteiger partial charge >= 0.3 is 0 Å². The minimum atomic E-state index is 0.0875. The fourth-order valence-corrected chi connectivity index (χ4v) is 5.17. The van der Waals surface area contributed by atoms with Gasteiger partial charge in [-0.3, -0.25) is 4.79 Å². The third-order valence-corrected chi connectivity index (χ3v) is 6.95. The zero-order chi connectivity index (χ0) is 21.5. The lowest BCUT2D eigenvalue weighted by Crippen LogP contribution is -2.46. The Morgan fingerprint density at radius 3 is 2.78 bits per heavy atom. The summed E-state index contributed by atoms with van der Waals surface area (Å²) in [5.74, 6) is 1.64. The minimum absolute atomic E-state index is 0.0875. The van der Waals surface area contributed by atoms with Gasteiger partial charge in [0, 0.05) is 49.2 Å². The zero-order valence-electron chi connectivity index (χ0n) is 17.9. The van der Waals surface area contributed by atoms with E-state index >= 15 is 0 Å². The number of aromatic nitrogens is 6. The summed E-state index contributed by atoms with van der Waals surface area (Å²) in [6.45, 7) is 3.31. The highest BCUT2D eigenvalue weighted by atomic mass is 16.2. The van der Waals surface area contributed by atoms with Gasteiger partial charge in [0.2, 0.25) is 5.91 Å². The summed E-state index contributed by atoms with van der Waals surface area (Å²) in [7, 11) is 0. The number of aromatic amines is 1. The largest absolute Gasteiger partial charge is 0.358 e. The molecule has 4 aromatic rings. The Morgan fingerprint density at radius 1 is 1.03 bits per heavy atom. The van der Waals surface area contributed by atoms with E-state index in [9.17, 15) is 4.79 Å². The first-order chi connectivity index (χ1) is 15.7. The second-order valence-electron chi connectivity index (χ2n) is 8.91. The van der Waals surface area contributed by atoms with Crippen LogP contribution in [0.15, 0.2) is 42.5 Å². The van der Waals surface area contributed by atoms with Gasteiger partial charge in [-0.1, -0.05) is 18.2 Å². The Morgan fingerprint density at radius 2 is 1.91 bits per heavy atom. The number of nitrogens with zero attached hydrogens (tertiary/aromatic N) is 7. The summed E-state index contributed by atoms with van der Waals surface area (Å²) in [6, 6.07) is 14.5. The third-order valence-electron chi connectivity index (χ3n) is 6.95. The van der Waals surface area contributed by atoms with Crippen LogP contribution < -0.4 is 4.90 Å². The standard InChI is InChI=1S/C23H26N8O/c32-23(16-9-12-29(13-10-16)22-8-7-21-25-27-28-31(21)26-22)30-11-3-5-18(15-30)20-14-17-4-1-2-6-19(17)24-20/h1-2,4,6-8,14,16,18,24H,3,5,9-13,15H2. The van der Waals surface area contributed by atoms with Gasteiger partial charge in [0.05, 0.1) is 0 Å². The summed E-state index contributed by atoms with van der Waals surface area (Å²) < 4.78 is 1.45. The number of hydrogen-bond donors (Lipinski definition) is 1. The van der Waals surface area contributed by atoms with Gasteiger partial charge in [-0.05, 0) is 65.8 Å². The number of hydrogen-bond acceptors (Lipinski definition) is 6. The van der Waals surface area contributed by atoms with E-state index in [1.54, 1.807) is 0 Å². The summed E-state index contributed by atoms with van der Waals surface area (Å²) >= 11 is 0. The fourth-order valence-electron chi connectivity index (χ4n) is 5.17. The van der Waals surface area contributed by atoms with Gasteiger partial charge < -0.3 is 14.8 Å². The first-order valence-electron chi connectivity index (χ1n) is 11.4. The monoisotopic (exact) mass is 430 g/mol. The SMILES string of the molecule is O=C(C1CCN(c2ccc3nnnn3n2)CC1)N1CCCC(c2cc3ccccc3[nH]2)C1. The van der Waals surface area contributed by atoms with Crippen LogP contribution in [0.1, 0.15) is 37.3 Å². The molecular formula is C23H26N8O. The molecule has 1 N–H and O–H groups in total. The Labute approximate surface area is 185 Å². The Balaban J connectivity index is 1.10. The molecule has 32 heavy (non-hydrogen) atoms. The second kappa shape index (κ2) is 7.89. The highest BCUT2D eigenvalue weighted by molar-refractivity contribution is 5.81. The Kier molecular flexibility index (Phi) is 4.74. The molecule has 0 saturated carbocycles. The molecule has 5 heterocycles. The summed E-state index contributed by atoms with van der Waals surface area (Å²) in [5, 5.41) is 17.2. The van der Waals surface area contributed by atoms with Crippen molar-refractivity contribution in [2.24, 2.45) is 5.92 Å². The van der Waals surface area contributed by atoms with E-state index in [4.69, 9.17) is 0 Å². The molecule has 2 saturated heterocycles. The molecule has 2 aliphatic rings. The smallest absolute Gasteiger partial charge is 0.225 e. The first kappa shape index (κ1) is 19.2. The number of likely N-dealkylation sites (tertiary alicyclic amines) is 1. The normalized spacial score (nSPS) is 20.3. The van der Waals surface area contributed by atoms with Crippen LogP contribution in [0, 0.1) is 5.92 Å². The van der Waals surface area contributed by atoms with Crippen molar-refractivity contribution in [1.29, 1.82) is 0 Å². The van der Waals surface area contributed by atoms with Crippen molar-refractivity contribution in [1.82, 2.24) is 35.1 Å². The van der Waals surface area contributed by atoms with E-state index in [1.807, 2.05) is 12.1 Å². The molecule has 1 atom stereocenters. The van der Waals surface area contributed by atoms with Crippen LogP contribution in [0.4, 0.5) is 5.82 Å². The molecule has 9 heteroatoms. The average molecular weight is 431 g/mol. The van der Waals surface area contributed by atoms with Gasteiger partial charge in [0.1, 0.15) is 0 Å². The number of tetrazole rings is 1. The molecule has 0 spiro atoms. The number of carbonyl (C=O) groups excluding carboxylic acids is 1. The molecule has 2 fully saturated rings. The molecule has 2 aliphatic heterocycles. The van der Waals surface area contributed by atoms with E-state index in [1.165, 1.54) is 21.2 Å². The van der Waals surface area contributed by atoms with Gasteiger partial charge in [-0.2, -0.15) is 0 Å². The van der Waals surface area contributed by atoms with Gasteiger partial charge in [-0.15, -0.1) is 14.8 Å². The molecule has 164 valence electrons. The molecule has 9 nitrogen and oxygen atoms in total. The van der Waals surface area contributed by atoms with Crippen molar-refractivity contribution in [2.45, 2.75) is 31.6 Å². The number of fused-ring (bicyclic) bond motifs is 2. The fraction of sp³-hybridized carbons (Fsp3) is 0.435. The van der Waals surface area contributed by atoms with Gasteiger partial charge in [0.15, 0.2) is 11.5 Å². The van der Waals surface area contributed by atoms with E-state index in [2.05, 4.69) is 65.7 Å². The number of rotatable bonds is 3. The summed E-state index contributed by atoms with van der Waals surface area (Å²) in [6.07, 6.45) is 3.88. The number of para-hydroxylation sites is 1. The maximum absolute atomic E-state index is 13.3. The van der Waals surface area contributed by atoms with Crippen LogP contribution >= 0.6 is 0 Å². The van der Waals surface area contributed by atoms with Crippen LogP contribution in [0.2, 0.25) is 0 Å². The molecule has 1 unspecified atom stereocenters. The quantitative estimate of drug-likeness (QED) is 0.537. The number of piperidine rings is 2. The maximum Gasteiger partial charge on any atom is 0.225 e. The minimum Gasteiger partial charge on any atom is -0.358 e. The van der Waals surface area contributed by atoms with Crippen LogP contribution in [-0.4, -0.2) is 67.2 Å². The van der Waals surface area contributed by atoms with Crippen LogP contribution in [0.3, 0.4) is 0 Å². The lowest BCUT2D eigenvalue weighted by atomic mass is 9.91. The number of carbonyl (C=O) groups is 1. The number of anilines is 1. The number of H-pyrrole nitrogens is 1. The lowest BCUT2D eigenvalue weighted by Gasteiger charge is -2.38. The molecule has 6 rings (SSSR count). The molecule has 0 radical (unpaired) electrons. The number of amides is 1. The number of nitrogens with one attached hydrogen (secondary N) is 1. The van der Waals surface area contributed by atoms with Crippen molar-refractivity contribution in [2.75, 3.05) is 31.1 Å². The second-order valence-corrected chi connectivity index (χ2v) is 8.91. The molecule has 0 aliphatic carbocycles. The van der Waals surface area contributed by atoms with Crippen molar-refractivity contribution >= 4 is 28.3 Å².